The molecular formula is C21H32N4O. The minimum absolute atomic E-state index is 0.128. The van der Waals surface area contributed by atoms with Crippen molar-refractivity contribution in [1.29, 1.82) is 0 Å². The zero-order valence-electron chi connectivity index (χ0n) is 16.1. The summed E-state index contributed by atoms with van der Waals surface area (Å²) in [6, 6.07) is 0. The van der Waals surface area contributed by atoms with Gasteiger partial charge in [0.2, 0.25) is 5.91 Å². The number of hydrogen-bond donors (Lipinski definition) is 0. The predicted octanol–water partition coefficient (Wildman–Crippen LogP) is 3.36. The fourth-order valence-corrected chi connectivity index (χ4v) is 5.20. The number of rotatable bonds is 4. The van der Waals surface area contributed by atoms with Crippen molar-refractivity contribution in [1.82, 2.24) is 19.8 Å². The van der Waals surface area contributed by atoms with Crippen molar-refractivity contribution in [3.63, 3.8) is 0 Å². The maximum absolute atomic E-state index is 12.9. The van der Waals surface area contributed by atoms with Crippen molar-refractivity contribution in [3.05, 3.63) is 23.8 Å². The summed E-state index contributed by atoms with van der Waals surface area (Å²) in [5, 5.41) is 0. The molecule has 1 amide bonds. The summed E-state index contributed by atoms with van der Waals surface area (Å²) < 4.78 is 0. The van der Waals surface area contributed by atoms with Gasteiger partial charge in [-0.2, -0.15) is 0 Å². The molecule has 142 valence electrons. The lowest BCUT2D eigenvalue weighted by atomic mass is 9.78. The van der Waals surface area contributed by atoms with Crippen LogP contribution in [0.4, 0.5) is 0 Å². The second-order valence-electron chi connectivity index (χ2n) is 8.51. The first-order valence-electron chi connectivity index (χ1n) is 10.5. The average molecular weight is 357 g/mol. The summed E-state index contributed by atoms with van der Waals surface area (Å²) >= 11 is 0. The fourth-order valence-electron chi connectivity index (χ4n) is 5.20. The molecule has 3 aliphatic rings. The van der Waals surface area contributed by atoms with Gasteiger partial charge in [0, 0.05) is 50.1 Å². The Morgan fingerprint density at radius 3 is 2.58 bits per heavy atom. The number of amides is 1. The lowest BCUT2D eigenvalue weighted by Crippen LogP contribution is -2.49. The highest BCUT2D eigenvalue weighted by atomic mass is 16.2. The Labute approximate surface area is 157 Å². The van der Waals surface area contributed by atoms with E-state index in [0.717, 1.165) is 57.8 Å². The van der Waals surface area contributed by atoms with E-state index in [2.05, 4.69) is 26.7 Å². The summed E-state index contributed by atoms with van der Waals surface area (Å²) in [5.41, 5.74) is 1.05. The van der Waals surface area contributed by atoms with Crippen LogP contribution in [0.2, 0.25) is 0 Å². The lowest BCUT2D eigenvalue weighted by molar-refractivity contribution is -0.145. The molecule has 3 heterocycles. The molecule has 0 N–H and O–H groups in total. The molecule has 0 radical (unpaired) electrons. The minimum Gasteiger partial charge on any atom is -0.342 e. The normalized spacial score (nSPS) is 28.2. The molecule has 1 aromatic rings. The molecule has 2 aliphatic heterocycles. The highest BCUT2D eigenvalue weighted by Gasteiger charge is 2.47. The Morgan fingerprint density at radius 1 is 1.08 bits per heavy atom. The Morgan fingerprint density at radius 2 is 1.85 bits per heavy atom. The molecule has 1 aromatic heterocycles. The van der Waals surface area contributed by atoms with Gasteiger partial charge in [-0.25, -0.2) is 9.97 Å². The third-order valence-electron chi connectivity index (χ3n) is 6.74. The van der Waals surface area contributed by atoms with Crippen LogP contribution in [-0.4, -0.2) is 51.9 Å². The van der Waals surface area contributed by atoms with E-state index in [4.69, 9.17) is 0 Å². The van der Waals surface area contributed by atoms with Crippen molar-refractivity contribution in [2.45, 2.75) is 70.8 Å². The highest BCUT2D eigenvalue weighted by Crippen LogP contribution is 2.40. The molecule has 1 atom stereocenters. The quantitative estimate of drug-likeness (QED) is 0.830. The standard InChI is InChI=1S/C21H32N4O/c1-2-25-11-6-9-21(20(25)26)10-12-24(16-21)15-17-13-22-19(23-14-17)18-7-4-3-5-8-18/h13-14,18H,2-12,15-16H2,1H3/t21-/m0/s1. The van der Waals surface area contributed by atoms with Gasteiger partial charge in [-0.1, -0.05) is 19.3 Å². The van der Waals surface area contributed by atoms with Gasteiger partial charge in [0.15, 0.2) is 0 Å². The van der Waals surface area contributed by atoms with Crippen LogP contribution in [0.25, 0.3) is 0 Å². The molecule has 0 bridgehead atoms. The van der Waals surface area contributed by atoms with E-state index in [1.165, 1.54) is 37.7 Å². The molecule has 0 aromatic carbocycles. The van der Waals surface area contributed by atoms with Gasteiger partial charge in [-0.05, 0) is 45.6 Å². The monoisotopic (exact) mass is 356 g/mol. The smallest absolute Gasteiger partial charge is 0.230 e. The molecule has 4 rings (SSSR count). The largest absolute Gasteiger partial charge is 0.342 e. The minimum atomic E-state index is -0.128. The van der Waals surface area contributed by atoms with Gasteiger partial charge in [-0.15, -0.1) is 0 Å². The molecular weight excluding hydrogens is 324 g/mol. The van der Waals surface area contributed by atoms with E-state index >= 15 is 0 Å². The number of carbonyl (C=O) groups is 1. The zero-order valence-corrected chi connectivity index (χ0v) is 16.1. The summed E-state index contributed by atoms with van der Waals surface area (Å²) in [7, 11) is 0. The van der Waals surface area contributed by atoms with Crippen LogP contribution >= 0.6 is 0 Å². The van der Waals surface area contributed by atoms with Crippen molar-refractivity contribution in [2.24, 2.45) is 5.41 Å². The first-order valence-corrected chi connectivity index (χ1v) is 10.5. The molecule has 1 saturated carbocycles. The van der Waals surface area contributed by atoms with Crippen molar-refractivity contribution >= 4 is 5.91 Å². The van der Waals surface area contributed by atoms with Crippen LogP contribution in [0.3, 0.4) is 0 Å². The van der Waals surface area contributed by atoms with Crippen LogP contribution in [0, 0.1) is 5.41 Å². The van der Waals surface area contributed by atoms with Crippen LogP contribution in [0.15, 0.2) is 12.4 Å². The van der Waals surface area contributed by atoms with E-state index in [9.17, 15) is 4.79 Å². The summed E-state index contributed by atoms with van der Waals surface area (Å²) in [6.45, 7) is 6.64. The maximum Gasteiger partial charge on any atom is 0.230 e. The molecule has 5 heteroatoms. The number of likely N-dealkylation sites (tertiary alicyclic amines) is 2. The summed E-state index contributed by atoms with van der Waals surface area (Å²) in [6.07, 6.45) is 13.7. The van der Waals surface area contributed by atoms with Crippen LogP contribution in [-0.2, 0) is 11.3 Å². The number of aromatic nitrogens is 2. The number of carbonyl (C=O) groups excluding carboxylic acids is 1. The van der Waals surface area contributed by atoms with Gasteiger partial charge >= 0.3 is 0 Å². The second kappa shape index (κ2) is 7.63. The third-order valence-corrected chi connectivity index (χ3v) is 6.74. The Bertz CT molecular complexity index is 625. The lowest BCUT2D eigenvalue weighted by Gasteiger charge is -2.39. The fraction of sp³-hybridized carbons (Fsp3) is 0.762. The first kappa shape index (κ1) is 17.9. The molecule has 0 unspecified atom stereocenters. The van der Waals surface area contributed by atoms with Gasteiger partial charge in [0.25, 0.3) is 0 Å². The topological polar surface area (TPSA) is 49.3 Å². The maximum atomic E-state index is 12.9. The molecule has 5 nitrogen and oxygen atoms in total. The van der Waals surface area contributed by atoms with E-state index in [1.54, 1.807) is 0 Å². The van der Waals surface area contributed by atoms with E-state index < -0.39 is 0 Å². The van der Waals surface area contributed by atoms with Gasteiger partial charge in [-0.3, -0.25) is 9.69 Å². The number of hydrogen-bond acceptors (Lipinski definition) is 4. The second-order valence-corrected chi connectivity index (χ2v) is 8.51. The number of piperidine rings is 1. The molecule has 2 saturated heterocycles. The molecule has 1 aliphatic carbocycles. The Balaban J connectivity index is 1.37. The van der Waals surface area contributed by atoms with Crippen LogP contribution in [0.5, 0.6) is 0 Å². The molecule has 3 fully saturated rings. The van der Waals surface area contributed by atoms with E-state index in [-0.39, 0.29) is 5.41 Å². The number of nitrogens with zero attached hydrogens (tertiary/aromatic N) is 4. The van der Waals surface area contributed by atoms with Crippen LogP contribution < -0.4 is 0 Å². The van der Waals surface area contributed by atoms with Gasteiger partial charge < -0.3 is 4.90 Å². The Hall–Kier alpha value is -1.49. The van der Waals surface area contributed by atoms with Crippen LogP contribution in [0.1, 0.15) is 75.6 Å². The van der Waals surface area contributed by atoms with Gasteiger partial charge in [0.1, 0.15) is 5.82 Å². The van der Waals surface area contributed by atoms with Crippen molar-refractivity contribution in [2.75, 3.05) is 26.2 Å². The summed E-state index contributed by atoms with van der Waals surface area (Å²) in [4.78, 5) is 26.7. The van der Waals surface area contributed by atoms with Crippen molar-refractivity contribution < 1.29 is 4.79 Å². The predicted molar refractivity (Wildman–Crippen MR) is 102 cm³/mol. The molecule has 1 spiro atoms. The SMILES string of the molecule is CCN1CCC[C@@]2(CCN(Cc3cnc(C4CCCCC4)nc3)C2)C1=O. The average Bonchev–Trinajstić information content (AvgIpc) is 3.09. The highest BCUT2D eigenvalue weighted by molar-refractivity contribution is 5.84. The van der Waals surface area contributed by atoms with Gasteiger partial charge in [0.05, 0.1) is 5.41 Å². The first-order chi connectivity index (χ1) is 12.7. The van der Waals surface area contributed by atoms with Crippen molar-refractivity contribution in [3.8, 4) is 0 Å². The third kappa shape index (κ3) is 3.51. The summed E-state index contributed by atoms with van der Waals surface area (Å²) in [5.74, 6) is 1.98. The zero-order chi connectivity index (χ0) is 18.0. The molecule has 26 heavy (non-hydrogen) atoms. The Kier molecular flexibility index (Phi) is 5.25. The van der Waals surface area contributed by atoms with E-state index in [1.807, 2.05) is 12.4 Å². The van der Waals surface area contributed by atoms with E-state index in [0.29, 0.717) is 11.8 Å².